The van der Waals surface area contributed by atoms with Gasteiger partial charge in [0.2, 0.25) is 0 Å². The molecule has 3 nitrogen and oxygen atoms in total. The van der Waals surface area contributed by atoms with Crippen LogP contribution in [0.5, 0.6) is 0 Å². The number of imidazole rings is 1. The molecule has 0 aliphatic heterocycles. The second-order valence-corrected chi connectivity index (χ2v) is 3.09. The highest BCUT2D eigenvalue weighted by molar-refractivity contribution is 4.95. The van der Waals surface area contributed by atoms with Gasteiger partial charge in [-0.3, -0.25) is 0 Å². The minimum Gasteiger partial charge on any atom is -0.334 e. The molecule has 0 amide bonds. The van der Waals surface area contributed by atoms with Crippen molar-refractivity contribution >= 4 is 0 Å². The Hall–Kier alpha value is -1.27. The van der Waals surface area contributed by atoms with Crippen LogP contribution in [0.25, 0.3) is 0 Å². The van der Waals surface area contributed by atoms with E-state index in [9.17, 15) is 0 Å². The van der Waals surface area contributed by atoms with Gasteiger partial charge in [-0.15, -0.1) is 11.8 Å². The van der Waals surface area contributed by atoms with E-state index in [2.05, 4.69) is 26.7 Å². The smallest absolute Gasteiger partial charge is 0.105 e. The van der Waals surface area contributed by atoms with Crippen LogP contribution < -0.4 is 5.32 Å². The minimum atomic E-state index is 0.930. The van der Waals surface area contributed by atoms with E-state index < -0.39 is 0 Å². The first-order valence-electron chi connectivity index (χ1n) is 4.92. The highest BCUT2D eigenvalue weighted by atomic mass is 15.1. The first-order chi connectivity index (χ1) is 6.84. The SMILES string of the molecule is CC#CCCNCCn1ccnc1C. The van der Waals surface area contributed by atoms with Gasteiger partial charge in [0.25, 0.3) is 0 Å². The molecule has 1 aromatic heterocycles. The summed E-state index contributed by atoms with van der Waals surface area (Å²) in [4.78, 5) is 4.16. The van der Waals surface area contributed by atoms with Crippen LogP contribution >= 0.6 is 0 Å². The molecule has 14 heavy (non-hydrogen) atoms. The zero-order valence-corrected chi connectivity index (χ0v) is 8.88. The molecule has 1 rings (SSSR count). The van der Waals surface area contributed by atoms with Crippen LogP contribution in [0, 0.1) is 18.8 Å². The molecule has 0 saturated carbocycles. The molecule has 1 aromatic rings. The Morgan fingerprint density at radius 2 is 2.36 bits per heavy atom. The van der Waals surface area contributed by atoms with E-state index in [4.69, 9.17) is 0 Å². The molecule has 0 saturated heterocycles. The summed E-state index contributed by atoms with van der Waals surface area (Å²) in [6.07, 6.45) is 4.76. The molecule has 0 aromatic carbocycles. The Labute approximate surface area is 85.5 Å². The molecule has 0 aliphatic rings. The van der Waals surface area contributed by atoms with Crippen molar-refractivity contribution in [1.82, 2.24) is 14.9 Å². The topological polar surface area (TPSA) is 29.9 Å². The standard InChI is InChI=1S/C11H17N3/c1-3-4-5-6-12-7-9-14-10-8-13-11(14)2/h8,10,12H,5-7,9H2,1-2H3. The van der Waals surface area contributed by atoms with Gasteiger partial charge < -0.3 is 9.88 Å². The summed E-state index contributed by atoms with van der Waals surface area (Å²) < 4.78 is 2.14. The van der Waals surface area contributed by atoms with Crippen molar-refractivity contribution in [2.24, 2.45) is 0 Å². The molecular formula is C11H17N3. The molecule has 76 valence electrons. The third kappa shape index (κ3) is 3.63. The Morgan fingerprint density at radius 1 is 1.50 bits per heavy atom. The van der Waals surface area contributed by atoms with Gasteiger partial charge in [0, 0.05) is 38.4 Å². The fraction of sp³-hybridized carbons (Fsp3) is 0.545. The van der Waals surface area contributed by atoms with Gasteiger partial charge in [-0.05, 0) is 13.8 Å². The monoisotopic (exact) mass is 191 g/mol. The lowest BCUT2D eigenvalue weighted by atomic mass is 10.4. The van der Waals surface area contributed by atoms with Crippen molar-refractivity contribution in [3.63, 3.8) is 0 Å². The van der Waals surface area contributed by atoms with Crippen LogP contribution in [-0.4, -0.2) is 22.6 Å². The molecule has 0 bridgehead atoms. The Bertz CT molecular complexity index is 317. The van der Waals surface area contributed by atoms with Crippen LogP contribution in [0.3, 0.4) is 0 Å². The quantitative estimate of drug-likeness (QED) is 0.560. The molecule has 1 N–H and O–H groups in total. The van der Waals surface area contributed by atoms with Crippen LogP contribution in [0.2, 0.25) is 0 Å². The number of nitrogens with zero attached hydrogens (tertiary/aromatic N) is 2. The lowest BCUT2D eigenvalue weighted by molar-refractivity contribution is 0.593. The highest BCUT2D eigenvalue weighted by Gasteiger charge is 1.94. The van der Waals surface area contributed by atoms with E-state index in [1.165, 1.54) is 0 Å². The van der Waals surface area contributed by atoms with Crippen molar-refractivity contribution in [2.45, 2.75) is 26.8 Å². The molecule has 0 radical (unpaired) electrons. The number of nitrogens with one attached hydrogen (secondary N) is 1. The Morgan fingerprint density at radius 3 is 3.00 bits per heavy atom. The number of hydrogen-bond acceptors (Lipinski definition) is 2. The van der Waals surface area contributed by atoms with E-state index in [0.29, 0.717) is 0 Å². The van der Waals surface area contributed by atoms with Gasteiger partial charge in [-0.1, -0.05) is 0 Å². The third-order valence-electron chi connectivity index (χ3n) is 2.06. The van der Waals surface area contributed by atoms with Crippen molar-refractivity contribution < 1.29 is 0 Å². The van der Waals surface area contributed by atoms with Gasteiger partial charge in [0.05, 0.1) is 0 Å². The zero-order chi connectivity index (χ0) is 10.2. The summed E-state index contributed by atoms with van der Waals surface area (Å²) >= 11 is 0. The maximum Gasteiger partial charge on any atom is 0.105 e. The van der Waals surface area contributed by atoms with Gasteiger partial charge >= 0.3 is 0 Å². The normalized spacial score (nSPS) is 9.57. The van der Waals surface area contributed by atoms with Crippen LogP contribution in [0.4, 0.5) is 0 Å². The second-order valence-electron chi connectivity index (χ2n) is 3.09. The van der Waals surface area contributed by atoms with Crippen LogP contribution in [0.15, 0.2) is 12.4 Å². The second kappa shape index (κ2) is 6.22. The number of hydrogen-bond donors (Lipinski definition) is 1. The minimum absolute atomic E-state index is 0.930. The molecule has 3 heteroatoms. The van der Waals surface area contributed by atoms with E-state index in [0.717, 1.165) is 31.9 Å². The van der Waals surface area contributed by atoms with E-state index in [1.807, 2.05) is 26.2 Å². The number of aromatic nitrogens is 2. The summed E-state index contributed by atoms with van der Waals surface area (Å²) in [5.41, 5.74) is 0. The van der Waals surface area contributed by atoms with Crippen LogP contribution in [-0.2, 0) is 6.54 Å². The van der Waals surface area contributed by atoms with Gasteiger partial charge in [-0.25, -0.2) is 4.98 Å². The summed E-state index contributed by atoms with van der Waals surface area (Å²) in [6, 6.07) is 0. The third-order valence-corrected chi connectivity index (χ3v) is 2.06. The van der Waals surface area contributed by atoms with Crippen molar-refractivity contribution in [1.29, 1.82) is 0 Å². The lowest BCUT2D eigenvalue weighted by Gasteiger charge is -2.05. The summed E-state index contributed by atoms with van der Waals surface area (Å²) in [5, 5.41) is 3.33. The molecule has 0 spiro atoms. The Kier molecular flexibility index (Phi) is 4.81. The molecule has 0 unspecified atom stereocenters. The highest BCUT2D eigenvalue weighted by Crippen LogP contribution is 1.93. The Balaban J connectivity index is 2.09. The number of rotatable bonds is 5. The van der Waals surface area contributed by atoms with Gasteiger partial charge in [0.15, 0.2) is 0 Å². The number of aryl methyl sites for hydroxylation is 1. The van der Waals surface area contributed by atoms with Crippen molar-refractivity contribution in [3.05, 3.63) is 18.2 Å². The average Bonchev–Trinajstić information content (AvgIpc) is 2.58. The molecule has 0 fully saturated rings. The van der Waals surface area contributed by atoms with Crippen molar-refractivity contribution in [3.8, 4) is 11.8 Å². The predicted octanol–water partition coefficient (Wildman–Crippen LogP) is 1.19. The fourth-order valence-electron chi connectivity index (χ4n) is 1.24. The van der Waals surface area contributed by atoms with Crippen molar-refractivity contribution in [2.75, 3.05) is 13.1 Å². The molecular weight excluding hydrogens is 174 g/mol. The fourth-order valence-corrected chi connectivity index (χ4v) is 1.24. The van der Waals surface area contributed by atoms with Gasteiger partial charge in [-0.2, -0.15) is 0 Å². The van der Waals surface area contributed by atoms with E-state index >= 15 is 0 Å². The average molecular weight is 191 g/mol. The molecule has 0 atom stereocenters. The zero-order valence-electron chi connectivity index (χ0n) is 8.88. The first kappa shape index (κ1) is 10.8. The first-order valence-corrected chi connectivity index (χ1v) is 4.92. The summed E-state index contributed by atoms with van der Waals surface area (Å²) in [6.45, 7) is 6.81. The largest absolute Gasteiger partial charge is 0.334 e. The molecule has 0 aliphatic carbocycles. The van der Waals surface area contributed by atoms with E-state index in [-0.39, 0.29) is 0 Å². The van der Waals surface area contributed by atoms with Gasteiger partial charge in [0.1, 0.15) is 5.82 Å². The molecule has 1 heterocycles. The lowest BCUT2D eigenvalue weighted by Crippen LogP contribution is -2.20. The maximum atomic E-state index is 4.16. The summed E-state index contributed by atoms with van der Waals surface area (Å²) in [5.74, 6) is 6.97. The predicted molar refractivity (Wildman–Crippen MR) is 57.9 cm³/mol. The van der Waals surface area contributed by atoms with E-state index in [1.54, 1.807) is 0 Å². The summed E-state index contributed by atoms with van der Waals surface area (Å²) in [7, 11) is 0. The van der Waals surface area contributed by atoms with Crippen LogP contribution in [0.1, 0.15) is 19.2 Å². The maximum absolute atomic E-state index is 4.16.